The highest BCUT2D eigenvalue weighted by Crippen LogP contribution is 2.42. The number of hydrogen-bond donors (Lipinski definition) is 2. The molecule has 1 heterocycles. The summed E-state index contributed by atoms with van der Waals surface area (Å²) < 4.78 is 6.23. The smallest absolute Gasteiger partial charge is 0.0897 e. The summed E-state index contributed by atoms with van der Waals surface area (Å²) in [4.78, 5) is 2.63. The Bertz CT molecular complexity index is 383. The molecule has 4 heteroatoms. The van der Waals surface area contributed by atoms with Crippen molar-refractivity contribution in [3.05, 3.63) is 21.9 Å². The Morgan fingerprint density at radius 1 is 1.32 bits per heavy atom. The lowest BCUT2D eigenvalue weighted by Crippen LogP contribution is -2.48. The van der Waals surface area contributed by atoms with Gasteiger partial charge in [-0.2, -0.15) is 0 Å². The van der Waals surface area contributed by atoms with Gasteiger partial charge in [0.1, 0.15) is 0 Å². The lowest BCUT2D eigenvalue weighted by atomic mass is 9.85. The van der Waals surface area contributed by atoms with Crippen molar-refractivity contribution in [2.45, 2.75) is 64.0 Å². The van der Waals surface area contributed by atoms with E-state index < -0.39 is 0 Å². The average Bonchev–Trinajstić information content (AvgIpc) is 2.67. The van der Waals surface area contributed by atoms with Crippen LogP contribution < -0.4 is 11.3 Å². The minimum absolute atomic E-state index is 0.115. The van der Waals surface area contributed by atoms with Crippen LogP contribution in [0.4, 0.5) is 0 Å². The molecule has 0 amide bonds. The highest BCUT2D eigenvalue weighted by atomic mass is 32.1. The lowest BCUT2D eigenvalue weighted by Gasteiger charge is -2.39. The van der Waals surface area contributed by atoms with E-state index in [1.165, 1.54) is 35.4 Å². The van der Waals surface area contributed by atoms with Crippen molar-refractivity contribution >= 4 is 11.3 Å². The SMILES string of the molecule is CCOC1(C(NN)c2ccc(C)s2)CCCCCC1. The third-order valence-corrected chi connectivity index (χ3v) is 5.19. The predicted octanol–water partition coefficient (Wildman–Crippen LogP) is 3.69. The van der Waals surface area contributed by atoms with E-state index in [1.807, 2.05) is 11.3 Å². The van der Waals surface area contributed by atoms with Crippen molar-refractivity contribution in [1.82, 2.24) is 5.43 Å². The van der Waals surface area contributed by atoms with Crippen LogP contribution >= 0.6 is 11.3 Å². The van der Waals surface area contributed by atoms with Crippen LogP contribution in [-0.4, -0.2) is 12.2 Å². The fourth-order valence-corrected chi connectivity index (χ4v) is 4.28. The molecular weight excluding hydrogens is 256 g/mol. The van der Waals surface area contributed by atoms with Crippen LogP contribution in [0.25, 0.3) is 0 Å². The Kier molecular flexibility index (Phi) is 5.39. The van der Waals surface area contributed by atoms with Crippen molar-refractivity contribution in [2.75, 3.05) is 6.61 Å². The molecule has 0 bridgehead atoms. The maximum absolute atomic E-state index is 6.23. The van der Waals surface area contributed by atoms with Crippen molar-refractivity contribution in [2.24, 2.45) is 5.84 Å². The number of nitrogens with two attached hydrogens (primary N) is 1. The zero-order valence-electron chi connectivity index (χ0n) is 12.1. The van der Waals surface area contributed by atoms with Gasteiger partial charge in [0.2, 0.25) is 0 Å². The first-order valence-electron chi connectivity index (χ1n) is 7.38. The first kappa shape index (κ1) is 15.0. The maximum Gasteiger partial charge on any atom is 0.0897 e. The topological polar surface area (TPSA) is 47.3 Å². The normalized spacial score (nSPS) is 21.0. The molecule has 1 aromatic rings. The van der Waals surface area contributed by atoms with Crippen molar-refractivity contribution in [3.8, 4) is 0 Å². The molecule has 0 aromatic carbocycles. The van der Waals surface area contributed by atoms with E-state index in [4.69, 9.17) is 10.6 Å². The molecule has 1 unspecified atom stereocenters. The van der Waals surface area contributed by atoms with E-state index in [0.29, 0.717) is 0 Å². The Labute approximate surface area is 120 Å². The molecule has 0 aliphatic heterocycles. The molecule has 3 N–H and O–H groups in total. The first-order chi connectivity index (χ1) is 9.22. The van der Waals surface area contributed by atoms with E-state index >= 15 is 0 Å². The predicted molar refractivity (Wildman–Crippen MR) is 81.2 cm³/mol. The van der Waals surface area contributed by atoms with Crippen LogP contribution in [0.3, 0.4) is 0 Å². The molecule has 1 fully saturated rings. The number of ether oxygens (including phenoxy) is 1. The van der Waals surface area contributed by atoms with Crippen LogP contribution in [0, 0.1) is 6.92 Å². The number of hydrogen-bond acceptors (Lipinski definition) is 4. The molecular formula is C15H26N2OS. The number of nitrogens with one attached hydrogen (secondary N) is 1. The minimum Gasteiger partial charge on any atom is -0.373 e. The first-order valence-corrected chi connectivity index (χ1v) is 8.20. The van der Waals surface area contributed by atoms with Crippen molar-refractivity contribution < 1.29 is 4.74 Å². The molecule has 108 valence electrons. The minimum atomic E-state index is -0.128. The molecule has 0 spiro atoms. The molecule has 1 atom stereocenters. The summed E-state index contributed by atoms with van der Waals surface area (Å²) >= 11 is 1.82. The van der Waals surface area contributed by atoms with Gasteiger partial charge in [0.15, 0.2) is 0 Å². The van der Waals surface area contributed by atoms with Gasteiger partial charge in [0.05, 0.1) is 11.6 Å². The molecule has 3 nitrogen and oxygen atoms in total. The lowest BCUT2D eigenvalue weighted by molar-refractivity contribution is -0.0775. The van der Waals surface area contributed by atoms with Crippen LogP contribution in [0.5, 0.6) is 0 Å². The third-order valence-electron chi connectivity index (χ3n) is 4.12. The van der Waals surface area contributed by atoms with Crippen LogP contribution in [0.2, 0.25) is 0 Å². The second-order valence-electron chi connectivity index (χ2n) is 5.46. The molecule has 0 radical (unpaired) electrons. The van der Waals surface area contributed by atoms with Gasteiger partial charge in [-0.25, -0.2) is 5.43 Å². The third kappa shape index (κ3) is 3.37. The Balaban J connectivity index is 2.28. The fraction of sp³-hybridized carbons (Fsp3) is 0.733. The molecule has 2 rings (SSSR count). The van der Waals surface area contributed by atoms with Gasteiger partial charge in [0.25, 0.3) is 0 Å². The summed E-state index contributed by atoms with van der Waals surface area (Å²) in [6, 6.07) is 4.47. The number of rotatable bonds is 5. The van der Waals surface area contributed by atoms with Crippen LogP contribution in [0.1, 0.15) is 61.2 Å². The summed E-state index contributed by atoms with van der Waals surface area (Å²) in [5, 5.41) is 0. The summed E-state index contributed by atoms with van der Waals surface area (Å²) in [6.45, 7) is 4.98. The highest BCUT2D eigenvalue weighted by Gasteiger charge is 2.40. The van der Waals surface area contributed by atoms with Crippen molar-refractivity contribution in [3.63, 3.8) is 0 Å². The Hall–Kier alpha value is -0.420. The zero-order valence-corrected chi connectivity index (χ0v) is 12.9. The maximum atomic E-state index is 6.23. The largest absolute Gasteiger partial charge is 0.373 e. The second kappa shape index (κ2) is 6.84. The molecule has 1 aliphatic rings. The van der Waals surface area contributed by atoms with Crippen LogP contribution in [-0.2, 0) is 4.74 Å². The monoisotopic (exact) mass is 282 g/mol. The van der Waals surface area contributed by atoms with E-state index in [2.05, 4.69) is 31.4 Å². The summed E-state index contributed by atoms with van der Waals surface area (Å²) in [5.41, 5.74) is 2.91. The number of thiophene rings is 1. The average molecular weight is 282 g/mol. The second-order valence-corrected chi connectivity index (χ2v) is 6.78. The molecule has 19 heavy (non-hydrogen) atoms. The Morgan fingerprint density at radius 3 is 2.47 bits per heavy atom. The summed E-state index contributed by atoms with van der Waals surface area (Å²) in [5.74, 6) is 5.89. The number of hydrazine groups is 1. The summed E-state index contributed by atoms with van der Waals surface area (Å²) in [7, 11) is 0. The van der Waals surface area contributed by atoms with Gasteiger partial charge in [0, 0.05) is 16.4 Å². The molecule has 1 saturated carbocycles. The van der Waals surface area contributed by atoms with E-state index in [9.17, 15) is 0 Å². The molecule has 1 aliphatic carbocycles. The highest BCUT2D eigenvalue weighted by molar-refractivity contribution is 7.12. The van der Waals surface area contributed by atoms with Gasteiger partial charge >= 0.3 is 0 Å². The van der Waals surface area contributed by atoms with E-state index in [1.54, 1.807) is 0 Å². The molecule has 1 aromatic heterocycles. The van der Waals surface area contributed by atoms with E-state index in [0.717, 1.165) is 19.4 Å². The standard InChI is InChI=1S/C15H26N2OS/c1-3-18-15(10-6-4-5-7-11-15)14(17-16)13-9-8-12(2)19-13/h8-9,14,17H,3-7,10-11,16H2,1-2H3. The summed E-state index contributed by atoms with van der Waals surface area (Å²) in [6.07, 6.45) is 7.32. The molecule has 0 saturated heterocycles. The van der Waals surface area contributed by atoms with Gasteiger partial charge in [-0.1, -0.05) is 25.7 Å². The number of aryl methyl sites for hydroxylation is 1. The zero-order chi connectivity index (χ0) is 13.7. The quantitative estimate of drug-likeness (QED) is 0.492. The van der Waals surface area contributed by atoms with Crippen LogP contribution in [0.15, 0.2) is 12.1 Å². The van der Waals surface area contributed by atoms with Gasteiger partial charge < -0.3 is 4.74 Å². The van der Waals surface area contributed by atoms with Crippen molar-refractivity contribution in [1.29, 1.82) is 0 Å². The van der Waals surface area contributed by atoms with Gasteiger partial charge in [-0.3, -0.25) is 5.84 Å². The fourth-order valence-electron chi connectivity index (χ4n) is 3.23. The van der Waals surface area contributed by atoms with E-state index in [-0.39, 0.29) is 11.6 Å². The van der Waals surface area contributed by atoms with Gasteiger partial charge in [-0.05, 0) is 38.8 Å². The van der Waals surface area contributed by atoms with Gasteiger partial charge in [-0.15, -0.1) is 11.3 Å². The Morgan fingerprint density at radius 2 is 2.00 bits per heavy atom.